The van der Waals surface area contributed by atoms with Crippen LogP contribution >= 0.6 is 0 Å². The maximum atomic E-state index is 12.4. The van der Waals surface area contributed by atoms with E-state index in [9.17, 15) is 4.79 Å². The monoisotopic (exact) mass is 482 g/mol. The van der Waals surface area contributed by atoms with E-state index in [0.717, 1.165) is 11.3 Å². The zero-order valence-electron chi connectivity index (χ0n) is 22.7. The predicted octanol–water partition coefficient (Wildman–Crippen LogP) is 6.65. The van der Waals surface area contributed by atoms with E-state index in [1.807, 2.05) is 39.8 Å². The van der Waals surface area contributed by atoms with Gasteiger partial charge in [-0.15, -0.1) is 0 Å². The van der Waals surface area contributed by atoms with Crippen molar-refractivity contribution in [1.29, 1.82) is 0 Å². The first kappa shape index (κ1) is 29.5. The molecule has 0 saturated carbocycles. The molecule has 0 spiro atoms. The molecule has 0 radical (unpaired) electrons. The van der Waals surface area contributed by atoms with Crippen molar-refractivity contribution in [3.63, 3.8) is 0 Å². The normalized spacial score (nSPS) is 13.8. The van der Waals surface area contributed by atoms with Gasteiger partial charge in [-0.25, -0.2) is 9.78 Å². The van der Waals surface area contributed by atoms with E-state index in [0.29, 0.717) is 28.9 Å². The van der Waals surface area contributed by atoms with Gasteiger partial charge in [-0.3, -0.25) is 0 Å². The van der Waals surface area contributed by atoms with Crippen LogP contribution in [0.15, 0.2) is 12.1 Å². The molecule has 7 nitrogen and oxygen atoms in total. The number of carbonyl (C=O) groups is 1. The number of aromatic nitrogens is 1. The van der Waals surface area contributed by atoms with Gasteiger partial charge in [0.05, 0.1) is 24.0 Å². The fourth-order valence-corrected chi connectivity index (χ4v) is 10.1. The molecule has 0 fully saturated rings. The first-order valence-electron chi connectivity index (χ1n) is 11.9. The van der Waals surface area contributed by atoms with Crippen LogP contribution in [0.3, 0.4) is 0 Å². The Bertz CT molecular complexity index is 736. The molecule has 33 heavy (non-hydrogen) atoms. The molecular weight excluding hydrogens is 436 g/mol. The highest BCUT2D eigenvalue weighted by atomic mass is 28.4. The number of pyridine rings is 1. The molecular formula is C25H46N2O5Si. The van der Waals surface area contributed by atoms with Crippen molar-refractivity contribution in [3.8, 4) is 0 Å². The van der Waals surface area contributed by atoms with Crippen LogP contribution in [0.4, 0.5) is 4.79 Å². The Morgan fingerprint density at radius 3 is 1.91 bits per heavy atom. The lowest BCUT2D eigenvalue weighted by Crippen LogP contribution is -2.47. The fourth-order valence-electron chi connectivity index (χ4n) is 4.74. The van der Waals surface area contributed by atoms with E-state index < -0.39 is 26.3 Å². The van der Waals surface area contributed by atoms with Crippen molar-refractivity contribution in [2.75, 3.05) is 14.2 Å². The van der Waals surface area contributed by atoms with Crippen LogP contribution in [0.1, 0.15) is 98.5 Å². The molecule has 8 heteroatoms. The molecule has 0 bridgehead atoms. The molecule has 1 heterocycles. The van der Waals surface area contributed by atoms with E-state index in [2.05, 4.69) is 46.9 Å². The van der Waals surface area contributed by atoms with Gasteiger partial charge in [0.25, 0.3) is 0 Å². The van der Waals surface area contributed by atoms with Crippen LogP contribution in [0.5, 0.6) is 0 Å². The van der Waals surface area contributed by atoms with Gasteiger partial charge in [0.15, 0.2) is 0 Å². The van der Waals surface area contributed by atoms with Crippen LogP contribution in [0.25, 0.3) is 0 Å². The highest BCUT2D eigenvalue weighted by molar-refractivity contribution is 6.77. The third-order valence-corrected chi connectivity index (χ3v) is 12.1. The van der Waals surface area contributed by atoms with E-state index in [1.165, 1.54) is 0 Å². The summed E-state index contributed by atoms with van der Waals surface area (Å²) in [5.74, 6) is 0. The number of carbonyl (C=O) groups excluding carboxylic acids is 1. The van der Waals surface area contributed by atoms with Gasteiger partial charge in [-0.1, -0.05) is 47.6 Å². The number of methoxy groups -OCH3 is 2. The molecule has 1 aromatic rings. The first-order chi connectivity index (χ1) is 15.2. The lowest BCUT2D eigenvalue weighted by Gasteiger charge is -2.42. The van der Waals surface area contributed by atoms with E-state index >= 15 is 0 Å². The molecule has 1 rings (SSSR count). The minimum Gasteiger partial charge on any atom is -0.444 e. The average molecular weight is 483 g/mol. The van der Waals surface area contributed by atoms with Crippen LogP contribution in [-0.2, 0) is 25.2 Å². The summed E-state index contributed by atoms with van der Waals surface area (Å²) in [7, 11) is 1.07. The third-order valence-electron chi connectivity index (χ3n) is 6.03. The van der Waals surface area contributed by atoms with Crippen molar-refractivity contribution in [3.05, 3.63) is 29.1 Å². The summed E-state index contributed by atoms with van der Waals surface area (Å²) in [6.07, 6.45) is -1.08. The van der Waals surface area contributed by atoms with Gasteiger partial charge in [0, 0.05) is 19.8 Å². The van der Waals surface area contributed by atoms with E-state index in [4.69, 9.17) is 23.6 Å². The molecule has 1 aromatic heterocycles. The second-order valence-corrected chi connectivity index (χ2v) is 16.0. The zero-order chi connectivity index (χ0) is 25.6. The molecule has 190 valence electrons. The summed E-state index contributed by atoms with van der Waals surface area (Å²) in [5, 5.41) is 2.91. The zero-order valence-corrected chi connectivity index (χ0v) is 23.7. The van der Waals surface area contributed by atoms with Crippen molar-refractivity contribution in [2.45, 2.75) is 110 Å². The second-order valence-electron chi connectivity index (χ2n) is 10.6. The van der Waals surface area contributed by atoms with Gasteiger partial charge >= 0.3 is 6.09 Å². The second kappa shape index (κ2) is 12.3. The number of hydrogen-bond donors (Lipinski definition) is 1. The number of nitrogens with zero attached hydrogens (tertiary/aromatic N) is 1. The lowest BCUT2D eigenvalue weighted by atomic mass is 10.1. The largest absolute Gasteiger partial charge is 0.444 e. The maximum absolute atomic E-state index is 12.4. The molecule has 0 saturated heterocycles. The highest BCUT2D eigenvalue weighted by Crippen LogP contribution is 2.43. The Morgan fingerprint density at radius 2 is 1.48 bits per heavy atom. The summed E-state index contributed by atoms with van der Waals surface area (Å²) < 4.78 is 23.1. The molecule has 0 aliphatic carbocycles. The first-order valence-corrected chi connectivity index (χ1v) is 14.0. The van der Waals surface area contributed by atoms with Crippen LogP contribution in [0.2, 0.25) is 16.6 Å². The number of hydrogen-bond acceptors (Lipinski definition) is 6. The Kier molecular flexibility index (Phi) is 11.0. The Balaban J connectivity index is 3.34. The summed E-state index contributed by atoms with van der Waals surface area (Å²) in [5.41, 5.74) is 3.12. The Morgan fingerprint density at radius 1 is 0.970 bits per heavy atom. The van der Waals surface area contributed by atoms with Crippen molar-refractivity contribution < 1.29 is 23.4 Å². The van der Waals surface area contributed by atoms with Crippen molar-refractivity contribution >= 4 is 14.4 Å². The van der Waals surface area contributed by atoms with Gasteiger partial charge < -0.3 is 24.0 Å². The Labute approximate surface area is 202 Å². The number of alkyl carbamates (subject to hydrolysis) is 1. The van der Waals surface area contributed by atoms with Crippen LogP contribution in [0, 0.1) is 0 Å². The smallest absolute Gasteiger partial charge is 0.408 e. The number of rotatable bonds is 11. The number of ether oxygens (including phenoxy) is 3. The van der Waals surface area contributed by atoms with Crippen molar-refractivity contribution in [1.82, 2.24) is 10.3 Å². The van der Waals surface area contributed by atoms with Gasteiger partial charge in [0.2, 0.25) is 14.6 Å². The molecule has 0 aromatic carbocycles. The highest BCUT2D eigenvalue weighted by Gasteiger charge is 2.45. The molecule has 0 aliphatic heterocycles. The topological polar surface area (TPSA) is 78.9 Å². The van der Waals surface area contributed by atoms with Gasteiger partial charge in [-0.05, 0) is 50.4 Å². The molecule has 1 amide bonds. The standard InChI is InChI=1S/C25H46N2O5Si/c1-16(2)33(17(3)4,18(5)6)31-15-20-13-14-21(23(29-11)30-12)27-22(20)19(7)26-24(28)32-25(8,9)10/h13-14,16-19,23H,15H2,1-12H3,(H,26,28). The maximum Gasteiger partial charge on any atom is 0.408 e. The third kappa shape index (κ3) is 7.77. The van der Waals surface area contributed by atoms with Crippen molar-refractivity contribution in [2.24, 2.45) is 0 Å². The van der Waals surface area contributed by atoms with E-state index in [1.54, 1.807) is 14.2 Å². The molecule has 1 N–H and O–H groups in total. The molecule has 1 atom stereocenters. The molecule has 0 aliphatic rings. The van der Waals surface area contributed by atoms with Crippen LogP contribution in [-0.4, -0.2) is 39.2 Å². The Hall–Kier alpha value is -1.48. The van der Waals surface area contributed by atoms with E-state index in [-0.39, 0.29) is 6.04 Å². The quantitative estimate of drug-likeness (QED) is 0.281. The molecule has 1 unspecified atom stereocenters. The summed E-state index contributed by atoms with van der Waals surface area (Å²) in [4.78, 5) is 17.2. The fraction of sp³-hybridized carbons (Fsp3) is 0.760. The summed E-state index contributed by atoms with van der Waals surface area (Å²) in [6.45, 7) is 21.4. The van der Waals surface area contributed by atoms with Crippen LogP contribution < -0.4 is 5.32 Å². The minimum atomic E-state index is -2.07. The number of amides is 1. The summed E-state index contributed by atoms with van der Waals surface area (Å²) >= 11 is 0. The predicted molar refractivity (Wildman–Crippen MR) is 135 cm³/mol. The lowest BCUT2D eigenvalue weighted by molar-refractivity contribution is -0.108. The van der Waals surface area contributed by atoms with Gasteiger partial charge in [-0.2, -0.15) is 0 Å². The van der Waals surface area contributed by atoms with Gasteiger partial charge in [0.1, 0.15) is 5.60 Å². The number of nitrogens with one attached hydrogen (secondary N) is 1. The summed E-state index contributed by atoms with van der Waals surface area (Å²) in [6, 6.07) is 3.50. The SMILES string of the molecule is COC(OC)c1ccc(CO[Si](C(C)C)(C(C)C)C(C)C)c(C(C)NC(=O)OC(C)(C)C)n1. The minimum absolute atomic E-state index is 0.388. The average Bonchev–Trinajstić information content (AvgIpc) is 2.67.